The van der Waals surface area contributed by atoms with Crippen LogP contribution < -0.4 is 5.32 Å². The van der Waals surface area contributed by atoms with E-state index in [0.29, 0.717) is 6.54 Å². The van der Waals surface area contributed by atoms with E-state index >= 15 is 0 Å². The summed E-state index contributed by atoms with van der Waals surface area (Å²) in [6.07, 6.45) is 5.77. The lowest BCUT2D eigenvalue weighted by Crippen LogP contribution is -2.47. The Morgan fingerprint density at radius 2 is 1.83 bits per heavy atom. The maximum atomic E-state index is 11.9. The number of hydrogen-bond donors (Lipinski definition) is 1. The third-order valence-corrected chi connectivity index (χ3v) is 5.40. The Bertz CT molecular complexity index is 610. The number of nitrogens with one attached hydrogen (secondary N) is 1. The molecule has 1 aliphatic heterocycles. The average molecular weight is 353 g/mol. The molecule has 6 heteroatoms. The second kappa shape index (κ2) is 9.18. The van der Waals surface area contributed by atoms with Gasteiger partial charge in [0.2, 0.25) is 5.91 Å². The van der Waals surface area contributed by atoms with Crippen molar-refractivity contribution >= 4 is 15.7 Å². The van der Waals surface area contributed by atoms with E-state index in [1.54, 1.807) is 0 Å². The number of rotatable bonds is 8. The average Bonchev–Trinajstić information content (AvgIpc) is 2.58. The summed E-state index contributed by atoms with van der Waals surface area (Å²) in [5, 5.41) is 2.93. The summed E-state index contributed by atoms with van der Waals surface area (Å²) < 4.78 is 22.3. The number of hydrogen-bond acceptors (Lipinski definition) is 4. The van der Waals surface area contributed by atoms with Gasteiger partial charge in [-0.25, -0.2) is 8.42 Å². The molecule has 134 valence electrons. The lowest BCUT2D eigenvalue weighted by atomic mass is 10.0. The first-order valence-corrected chi connectivity index (χ1v) is 10.7. The van der Waals surface area contributed by atoms with Gasteiger partial charge < -0.3 is 5.32 Å². The maximum Gasteiger partial charge on any atom is 0.221 e. The molecule has 0 aliphatic carbocycles. The zero-order valence-electron chi connectivity index (χ0n) is 14.4. The Kier molecular flexibility index (Phi) is 7.24. The van der Waals surface area contributed by atoms with E-state index in [0.717, 1.165) is 25.8 Å². The van der Waals surface area contributed by atoms with Gasteiger partial charge >= 0.3 is 0 Å². The first kappa shape index (κ1) is 18.9. The van der Waals surface area contributed by atoms with Gasteiger partial charge in [0, 0.05) is 25.3 Å². The molecule has 1 heterocycles. The van der Waals surface area contributed by atoms with E-state index in [9.17, 15) is 13.2 Å². The van der Waals surface area contributed by atoms with Crippen LogP contribution in [0.5, 0.6) is 0 Å². The first-order valence-electron chi connectivity index (χ1n) is 8.66. The van der Waals surface area contributed by atoms with Gasteiger partial charge in [-0.15, -0.1) is 0 Å². The van der Waals surface area contributed by atoms with Crippen molar-refractivity contribution in [3.8, 4) is 0 Å². The third kappa shape index (κ3) is 7.01. The van der Waals surface area contributed by atoms with Gasteiger partial charge in [0.15, 0.2) is 0 Å². The molecular weight excluding hydrogens is 324 g/mol. The smallest absolute Gasteiger partial charge is 0.221 e. The highest BCUT2D eigenvalue weighted by molar-refractivity contribution is 7.90. The number of benzene rings is 1. The largest absolute Gasteiger partial charge is 0.354 e. The zero-order valence-corrected chi connectivity index (χ0v) is 15.2. The molecule has 1 saturated heterocycles. The van der Waals surface area contributed by atoms with Gasteiger partial charge in [-0.1, -0.05) is 36.8 Å². The Hall–Kier alpha value is -1.40. The number of nitrogens with zero attached hydrogens (tertiary/aromatic N) is 1. The fourth-order valence-corrected chi connectivity index (χ4v) is 3.65. The summed E-state index contributed by atoms with van der Waals surface area (Å²) >= 11 is 0. The molecule has 5 nitrogen and oxygen atoms in total. The number of sulfone groups is 1. The van der Waals surface area contributed by atoms with Gasteiger partial charge in [0.1, 0.15) is 9.84 Å². The maximum absolute atomic E-state index is 11.9. The lowest BCUT2D eigenvalue weighted by molar-refractivity contribution is -0.121. The standard InChI is InChI=1S/C18H28N2O3S/c1-24(22,23)13-10-18(21)19-15-17(20-11-6-3-7-12-20)14-16-8-4-2-5-9-16/h2,4-5,8-9,17H,3,6-7,10-15H2,1H3,(H,19,21). The number of piperidine rings is 1. The van der Waals surface area contributed by atoms with Gasteiger partial charge in [0.05, 0.1) is 5.75 Å². The quantitative estimate of drug-likeness (QED) is 0.772. The van der Waals surface area contributed by atoms with Crippen LogP contribution >= 0.6 is 0 Å². The SMILES string of the molecule is CS(=O)(=O)CCC(=O)NCC(Cc1ccccc1)N1CCCCC1. The highest BCUT2D eigenvalue weighted by Crippen LogP contribution is 2.15. The predicted molar refractivity (Wildman–Crippen MR) is 96.7 cm³/mol. The summed E-state index contributed by atoms with van der Waals surface area (Å²) in [5.74, 6) is -0.276. The van der Waals surface area contributed by atoms with Gasteiger partial charge in [0.25, 0.3) is 0 Å². The van der Waals surface area contributed by atoms with Crippen molar-refractivity contribution in [2.24, 2.45) is 0 Å². The van der Waals surface area contributed by atoms with Crippen LogP contribution in [0.3, 0.4) is 0 Å². The predicted octanol–water partition coefficient (Wildman–Crippen LogP) is 1.63. The van der Waals surface area contributed by atoms with Gasteiger partial charge in [-0.3, -0.25) is 9.69 Å². The summed E-state index contributed by atoms with van der Waals surface area (Å²) in [6, 6.07) is 10.6. The van der Waals surface area contributed by atoms with Crippen LogP contribution in [0.4, 0.5) is 0 Å². The monoisotopic (exact) mass is 352 g/mol. The van der Waals surface area contributed by atoms with Crippen LogP contribution in [-0.2, 0) is 21.1 Å². The number of amides is 1. The van der Waals surface area contributed by atoms with E-state index < -0.39 is 9.84 Å². The molecule has 1 unspecified atom stereocenters. The minimum atomic E-state index is -3.10. The van der Waals surface area contributed by atoms with Crippen LogP contribution in [0.2, 0.25) is 0 Å². The molecule has 1 fully saturated rings. The molecule has 1 N–H and O–H groups in total. The van der Waals surface area contributed by atoms with Crippen molar-refractivity contribution in [1.29, 1.82) is 0 Å². The summed E-state index contributed by atoms with van der Waals surface area (Å²) in [5.41, 5.74) is 1.26. The minimum Gasteiger partial charge on any atom is -0.354 e. The summed E-state index contributed by atoms with van der Waals surface area (Å²) in [4.78, 5) is 14.4. The second-order valence-corrected chi connectivity index (χ2v) is 8.88. The Balaban J connectivity index is 1.91. The highest BCUT2D eigenvalue weighted by atomic mass is 32.2. The van der Waals surface area contributed by atoms with Crippen LogP contribution in [0.1, 0.15) is 31.2 Å². The molecule has 1 aliphatic rings. The molecule has 1 amide bonds. The Morgan fingerprint density at radius 1 is 1.17 bits per heavy atom. The molecule has 0 bridgehead atoms. The highest BCUT2D eigenvalue weighted by Gasteiger charge is 2.21. The van der Waals surface area contributed by atoms with Crippen LogP contribution in [-0.4, -0.2) is 56.9 Å². The van der Waals surface area contributed by atoms with Gasteiger partial charge in [-0.2, -0.15) is 0 Å². The normalized spacial score (nSPS) is 17.4. The van der Waals surface area contributed by atoms with E-state index in [1.165, 1.54) is 24.8 Å². The van der Waals surface area contributed by atoms with Crippen molar-refractivity contribution in [3.63, 3.8) is 0 Å². The molecular formula is C18H28N2O3S. The van der Waals surface area contributed by atoms with Crippen molar-refractivity contribution in [2.45, 2.75) is 38.1 Å². The minimum absolute atomic E-state index is 0.0386. The van der Waals surface area contributed by atoms with E-state index in [-0.39, 0.29) is 24.1 Å². The lowest BCUT2D eigenvalue weighted by Gasteiger charge is -2.35. The van der Waals surface area contributed by atoms with E-state index in [4.69, 9.17) is 0 Å². The molecule has 1 aromatic rings. The van der Waals surface area contributed by atoms with Crippen LogP contribution in [0, 0.1) is 0 Å². The molecule has 0 radical (unpaired) electrons. The summed E-state index contributed by atoms with van der Waals surface area (Å²) in [7, 11) is -3.10. The fraction of sp³-hybridized carbons (Fsp3) is 0.611. The number of carbonyl (C=O) groups is 1. The molecule has 1 aromatic carbocycles. The van der Waals surface area contributed by atoms with Crippen LogP contribution in [0.15, 0.2) is 30.3 Å². The van der Waals surface area contributed by atoms with Crippen molar-refractivity contribution in [2.75, 3.05) is 31.6 Å². The molecule has 0 spiro atoms. The van der Waals surface area contributed by atoms with Gasteiger partial charge in [-0.05, 0) is 37.9 Å². The van der Waals surface area contributed by atoms with Crippen molar-refractivity contribution in [1.82, 2.24) is 10.2 Å². The van der Waals surface area contributed by atoms with Crippen molar-refractivity contribution < 1.29 is 13.2 Å². The zero-order chi connectivity index (χ0) is 17.4. The number of likely N-dealkylation sites (tertiary alicyclic amines) is 1. The fourth-order valence-electron chi connectivity index (χ4n) is 3.10. The summed E-state index contributed by atoms with van der Waals surface area (Å²) in [6.45, 7) is 2.70. The van der Waals surface area contributed by atoms with E-state index in [1.807, 2.05) is 18.2 Å². The van der Waals surface area contributed by atoms with Crippen LogP contribution in [0.25, 0.3) is 0 Å². The second-order valence-electron chi connectivity index (χ2n) is 6.62. The third-order valence-electron chi connectivity index (χ3n) is 4.46. The van der Waals surface area contributed by atoms with E-state index in [2.05, 4.69) is 22.3 Å². The molecule has 1 atom stereocenters. The molecule has 0 saturated carbocycles. The molecule has 0 aromatic heterocycles. The van der Waals surface area contributed by atoms with Crippen molar-refractivity contribution in [3.05, 3.63) is 35.9 Å². The Labute approximate surface area is 145 Å². The Morgan fingerprint density at radius 3 is 2.46 bits per heavy atom. The first-order chi connectivity index (χ1) is 11.4. The number of carbonyl (C=O) groups excluding carboxylic acids is 1. The molecule has 24 heavy (non-hydrogen) atoms. The molecule has 2 rings (SSSR count). The topological polar surface area (TPSA) is 66.5 Å².